The molecule has 0 N–H and O–H groups in total. The zero-order chi connectivity index (χ0) is 18.0. The van der Waals surface area contributed by atoms with Gasteiger partial charge in [0.1, 0.15) is 0 Å². The van der Waals surface area contributed by atoms with Crippen molar-refractivity contribution in [2.45, 2.75) is 118 Å². The van der Waals surface area contributed by atoms with E-state index >= 15 is 0 Å². The van der Waals surface area contributed by atoms with E-state index in [1.165, 1.54) is 83.5 Å². The van der Waals surface area contributed by atoms with Crippen LogP contribution in [0.5, 0.6) is 0 Å². The predicted molar refractivity (Wildman–Crippen MR) is 113 cm³/mol. The van der Waals surface area contributed by atoms with Crippen LogP contribution in [0.25, 0.3) is 0 Å². The highest BCUT2D eigenvalue weighted by molar-refractivity contribution is 5.07. The molecule has 0 rings (SSSR count). The third-order valence-electron chi connectivity index (χ3n) is 4.78. The van der Waals surface area contributed by atoms with E-state index in [9.17, 15) is 0 Å². The molecular formula is C24H44. The molecule has 0 aromatic carbocycles. The molecular weight excluding hydrogens is 288 g/mol. The summed E-state index contributed by atoms with van der Waals surface area (Å²) in [5.41, 5.74) is 5.06. The highest BCUT2D eigenvalue weighted by Crippen LogP contribution is 2.22. The molecule has 0 heterocycles. The Hall–Kier alpha value is -0.780. The molecule has 0 saturated carbocycles. The molecule has 0 unspecified atom stereocenters. The van der Waals surface area contributed by atoms with Crippen LogP contribution in [0.1, 0.15) is 118 Å². The molecule has 0 amide bonds. The maximum Gasteiger partial charge on any atom is -0.0317 e. The fourth-order valence-electron chi connectivity index (χ4n) is 3.44. The van der Waals surface area contributed by atoms with Crippen LogP contribution in [0.2, 0.25) is 0 Å². The first kappa shape index (κ1) is 23.2. The van der Waals surface area contributed by atoms with E-state index in [0.29, 0.717) is 0 Å². The molecule has 0 radical (unpaired) electrons. The highest BCUT2D eigenvalue weighted by Gasteiger charge is 2.02. The van der Waals surface area contributed by atoms with E-state index in [1.807, 2.05) is 0 Å². The third kappa shape index (κ3) is 12.6. The Morgan fingerprint density at radius 1 is 0.500 bits per heavy atom. The van der Waals surface area contributed by atoms with E-state index in [2.05, 4.69) is 52.8 Å². The Morgan fingerprint density at radius 3 is 1.25 bits per heavy atom. The van der Waals surface area contributed by atoms with Gasteiger partial charge in [-0.15, -0.1) is 0 Å². The first-order chi connectivity index (χ1) is 11.7. The Morgan fingerprint density at radius 2 is 0.875 bits per heavy atom. The smallest absolute Gasteiger partial charge is 0.0317 e. The van der Waals surface area contributed by atoms with Gasteiger partial charge in [-0.05, 0) is 77.0 Å². The van der Waals surface area contributed by atoms with Crippen molar-refractivity contribution >= 4 is 0 Å². The third-order valence-corrected chi connectivity index (χ3v) is 4.78. The number of allylic oxidation sites excluding steroid dienone is 6. The van der Waals surface area contributed by atoms with Gasteiger partial charge in [0.25, 0.3) is 0 Å². The molecule has 0 aliphatic rings. The maximum absolute atomic E-state index is 2.49. The van der Waals surface area contributed by atoms with Crippen LogP contribution in [-0.4, -0.2) is 0 Å². The topological polar surface area (TPSA) is 0 Å². The van der Waals surface area contributed by atoms with Gasteiger partial charge in [0.15, 0.2) is 0 Å². The van der Waals surface area contributed by atoms with Gasteiger partial charge in [-0.25, -0.2) is 0 Å². The van der Waals surface area contributed by atoms with Gasteiger partial charge in [-0.1, -0.05) is 76.0 Å². The average Bonchev–Trinajstić information content (AvgIpc) is 2.58. The van der Waals surface area contributed by atoms with Crippen LogP contribution >= 0.6 is 0 Å². The molecule has 0 nitrogen and oxygen atoms in total. The summed E-state index contributed by atoms with van der Waals surface area (Å²) >= 11 is 0. The fraction of sp³-hybridized carbons (Fsp3) is 0.750. The van der Waals surface area contributed by atoms with Gasteiger partial charge >= 0.3 is 0 Å². The van der Waals surface area contributed by atoms with Gasteiger partial charge in [0.2, 0.25) is 0 Å². The van der Waals surface area contributed by atoms with E-state index < -0.39 is 0 Å². The lowest BCUT2D eigenvalue weighted by atomic mass is 9.95. The Balaban J connectivity index is 4.27. The lowest BCUT2D eigenvalue weighted by Crippen LogP contribution is -1.91. The van der Waals surface area contributed by atoms with Crippen LogP contribution in [-0.2, 0) is 0 Å². The first-order valence-corrected chi connectivity index (χ1v) is 10.7. The number of rotatable bonds is 15. The maximum atomic E-state index is 2.49. The van der Waals surface area contributed by atoms with Gasteiger partial charge in [-0.2, -0.15) is 0 Å². The largest absolute Gasteiger partial charge is 0.0856 e. The van der Waals surface area contributed by atoms with Crippen LogP contribution < -0.4 is 0 Å². The lowest BCUT2D eigenvalue weighted by molar-refractivity contribution is 0.687. The number of hydrogen-bond acceptors (Lipinski definition) is 0. The van der Waals surface area contributed by atoms with Crippen LogP contribution in [0, 0.1) is 0 Å². The summed E-state index contributed by atoms with van der Waals surface area (Å²) in [7, 11) is 0. The SMILES string of the molecule is CCC=C(CC)CCCC(=CCC)CCCC(=CCC)CCCC. The summed E-state index contributed by atoms with van der Waals surface area (Å²) in [5.74, 6) is 0. The van der Waals surface area contributed by atoms with Crippen LogP contribution in [0.15, 0.2) is 34.9 Å². The Bertz CT molecular complexity index is 367. The van der Waals surface area contributed by atoms with Crippen molar-refractivity contribution in [3.05, 3.63) is 34.9 Å². The number of hydrogen-bond donors (Lipinski definition) is 0. The van der Waals surface area contributed by atoms with Crippen molar-refractivity contribution in [2.24, 2.45) is 0 Å². The fourth-order valence-corrected chi connectivity index (χ4v) is 3.44. The molecule has 0 aromatic rings. The molecule has 0 aliphatic heterocycles. The van der Waals surface area contributed by atoms with Crippen molar-refractivity contribution in [3.63, 3.8) is 0 Å². The minimum atomic E-state index is 1.19. The zero-order valence-corrected chi connectivity index (χ0v) is 17.4. The van der Waals surface area contributed by atoms with Gasteiger partial charge in [0, 0.05) is 0 Å². The van der Waals surface area contributed by atoms with Crippen molar-refractivity contribution in [1.29, 1.82) is 0 Å². The summed E-state index contributed by atoms with van der Waals surface area (Å²) < 4.78 is 0. The summed E-state index contributed by atoms with van der Waals surface area (Å²) in [6.07, 6.45) is 24.1. The second-order valence-corrected chi connectivity index (χ2v) is 6.98. The second-order valence-electron chi connectivity index (χ2n) is 6.98. The first-order valence-electron chi connectivity index (χ1n) is 10.7. The van der Waals surface area contributed by atoms with E-state index in [0.717, 1.165) is 0 Å². The zero-order valence-electron chi connectivity index (χ0n) is 17.4. The van der Waals surface area contributed by atoms with E-state index in [4.69, 9.17) is 0 Å². The molecule has 0 spiro atoms. The molecule has 0 bridgehead atoms. The van der Waals surface area contributed by atoms with E-state index in [1.54, 1.807) is 16.7 Å². The average molecular weight is 333 g/mol. The minimum Gasteiger partial charge on any atom is -0.0856 e. The minimum absolute atomic E-state index is 1.19. The summed E-state index contributed by atoms with van der Waals surface area (Å²) in [6, 6.07) is 0. The summed E-state index contributed by atoms with van der Waals surface area (Å²) in [6.45, 7) is 11.4. The predicted octanol–water partition coefficient (Wildman–Crippen LogP) is 8.94. The molecule has 0 fully saturated rings. The summed E-state index contributed by atoms with van der Waals surface area (Å²) in [4.78, 5) is 0. The van der Waals surface area contributed by atoms with Crippen molar-refractivity contribution in [2.75, 3.05) is 0 Å². The van der Waals surface area contributed by atoms with Gasteiger partial charge in [-0.3, -0.25) is 0 Å². The summed E-state index contributed by atoms with van der Waals surface area (Å²) in [5, 5.41) is 0. The lowest BCUT2D eigenvalue weighted by Gasteiger charge is -2.11. The molecule has 0 heteroatoms. The second kappa shape index (κ2) is 17.1. The molecule has 0 saturated heterocycles. The quantitative estimate of drug-likeness (QED) is 0.262. The molecule has 0 aromatic heterocycles. The van der Waals surface area contributed by atoms with Gasteiger partial charge in [0.05, 0.1) is 0 Å². The van der Waals surface area contributed by atoms with Crippen molar-refractivity contribution in [3.8, 4) is 0 Å². The monoisotopic (exact) mass is 332 g/mol. The normalized spacial score (nSPS) is 13.6. The van der Waals surface area contributed by atoms with Crippen molar-refractivity contribution in [1.82, 2.24) is 0 Å². The molecule has 24 heavy (non-hydrogen) atoms. The molecule has 0 atom stereocenters. The number of unbranched alkanes of at least 4 members (excludes halogenated alkanes) is 1. The van der Waals surface area contributed by atoms with Gasteiger partial charge < -0.3 is 0 Å². The standard InChI is InChI=1S/C24H44/c1-6-11-17-23(15-8-3)20-13-21-24(16-9-4)19-12-18-22(10-5)14-7-2/h14-16H,6-13,17-21H2,1-5H3. The Labute approximate surface area is 153 Å². The Kier molecular flexibility index (Phi) is 16.5. The molecule has 140 valence electrons. The van der Waals surface area contributed by atoms with Crippen LogP contribution in [0.3, 0.4) is 0 Å². The van der Waals surface area contributed by atoms with E-state index in [-0.39, 0.29) is 0 Å². The van der Waals surface area contributed by atoms with Crippen molar-refractivity contribution < 1.29 is 0 Å². The highest BCUT2D eigenvalue weighted by atomic mass is 14.1. The van der Waals surface area contributed by atoms with Crippen LogP contribution in [0.4, 0.5) is 0 Å². The molecule has 0 aliphatic carbocycles.